The molecule has 0 radical (unpaired) electrons. The number of nitrogens with one attached hydrogen (secondary N) is 2. The summed E-state index contributed by atoms with van der Waals surface area (Å²) in [5.74, 6) is 0.384. The number of ether oxygens (including phenoxy) is 2. The molecule has 0 spiro atoms. The van der Waals surface area contributed by atoms with Gasteiger partial charge in [-0.1, -0.05) is 0 Å². The summed E-state index contributed by atoms with van der Waals surface area (Å²) >= 11 is 4.98. The average Bonchev–Trinajstić information content (AvgIpc) is 2.56. The molecule has 1 saturated heterocycles. The normalized spacial score (nSPS) is 30.6. The van der Waals surface area contributed by atoms with Gasteiger partial charge in [-0.15, -0.1) is 0 Å². The largest absolute Gasteiger partial charge is 0.462 e. The highest BCUT2D eigenvalue weighted by Crippen LogP contribution is 2.25. The van der Waals surface area contributed by atoms with Crippen molar-refractivity contribution in [3.05, 3.63) is 24.3 Å². The lowest BCUT2D eigenvalue weighted by Gasteiger charge is -2.39. The quantitative estimate of drug-likeness (QED) is 0.373. The molecule has 128 valence electrons. The first kappa shape index (κ1) is 17.9. The molecule has 0 aliphatic carbocycles. The van der Waals surface area contributed by atoms with Gasteiger partial charge in [-0.25, -0.2) is 0 Å². The summed E-state index contributed by atoms with van der Waals surface area (Å²) in [5, 5.41) is 44.6. The molecule has 9 heteroatoms. The molecule has 8 nitrogen and oxygen atoms in total. The zero-order valence-corrected chi connectivity index (χ0v) is 13.2. The summed E-state index contributed by atoms with van der Waals surface area (Å²) in [7, 11) is 1.70. The number of aliphatic hydroxyl groups excluding tert-OH is 4. The van der Waals surface area contributed by atoms with E-state index < -0.39 is 37.3 Å². The first-order chi connectivity index (χ1) is 11.0. The highest BCUT2D eigenvalue weighted by molar-refractivity contribution is 7.80. The van der Waals surface area contributed by atoms with E-state index in [1.54, 1.807) is 31.3 Å². The van der Waals surface area contributed by atoms with E-state index in [2.05, 4.69) is 10.6 Å². The molecular formula is C14H20N2O6S. The summed E-state index contributed by atoms with van der Waals surface area (Å²) in [6.45, 7) is -0.505. The van der Waals surface area contributed by atoms with E-state index in [1.165, 1.54) is 0 Å². The van der Waals surface area contributed by atoms with Gasteiger partial charge in [0.25, 0.3) is 0 Å². The molecule has 0 saturated carbocycles. The van der Waals surface area contributed by atoms with E-state index in [0.29, 0.717) is 10.9 Å². The van der Waals surface area contributed by atoms with Crippen LogP contribution in [0.5, 0.6) is 5.75 Å². The van der Waals surface area contributed by atoms with Gasteiger partial charge in [0.15, 0.2) is 5.11 Å². The van der Waals surface area contributed by atoms with Crippen molar-refractivity contribution in [2.75, 3.05) is 19.0 Å². The fraction of sp³-hybridized carbons (Fsp3) is 0.500. The summed E-state index contributed by atoms with van der Waals surface area (Å²) in [5.41, 5.74) is 0.741. The second-order valence-electron chi connectivity index (χ2n) is 5.04. The number of benzene rings is 1. The maximum atomic E-state index is 9.91. The van der Waals surface area contributed by atoms with Crippen LogP contribution in [0.25, 0.3) is 0 Å². The Balaban J connectivity index is 2.01. The lowest BCUT2D eigenvalue weighted by atomic mass is 9.99. The molecule has 0 aromatic heterocycles. The fourth-order valence-electron chi connectivity index (χ4n) is 2.11. The van der Waals surface area contributed by atoms with Crippen LogP contribution in [0.1, 0.15) is 0 Å². The Labute approximate surface area is 138 Å². The van der Waals surface area contributed by atoms with Crippen LogP contribution in [0.2, 0.25) is 0 Å². The van der Waals surface area contributed by atoms with Crippen LogP contribution >= 0.6 is 12.2 Å². The molecular weight excluding hydrogens is 324 g/mol. The summed E-state index contributed by atoms with van der Waals surface area (Å²) in [6.07, 6.45) is -6.54. The van der Waals surface area contributed by atoms with Gasteiger partial charge in [-0.05, 0) is 36.5 Å². The first-order valence-corrected chi connectivity index (χ1v) is 7.43. The van der Waals surface area contributed by atoms with Crippen LogP contribution in [0.3, 0.4) is 0 Å². The predicted molar refractivity (Wildman–Crippen MR) is 86.1 cm³/mol. The maximum Gasteiger partial charge on any atom is 0.229 e. The Kier molecular flexibility index (Phi) is 6.10. The van der Waals surface area contributed by atoms with Crippen LogP contribution in [0, 0.1) is 0 Å². The van der Waals surface area contributed by atoms with Gasteiger partial charge in [0.05, 0.1) is 6.61 Å². The van der Waals surface area contributed by atoms with E-state index in [4.69, 9.17) is 26.8 Å². The molecule has 1 fully saturated rings. The number of aliphatic hydroxyl groups is 4. The topological polar surface area (TPSA) is 123 Å². The second kappa shape index (κ2) is 7.86. The Hall–Kier alpha value is -1.49. The zero-order valence-electron chi connectivity index (χ0n) is 12.4. The smallest absolute Gasteiger partial charge is 0.229 e. The molecule has 1 aromatic carbocycles. The van der Waals surface area contributed by atoms with Crippen LogP contribution in [-0.4, -0.2) is 69.9 Å². The van der Waals surface area contributed by atoms with E-state index in [9.17, 15) is 15.3 Å². The van der Waals surface area contributed by atoms with E-state index >= 15 is 0 Å². The Bertz CT molecular complexity index is 527. The van der Waals surface area contributed by atoms with Gasteiger partial charge in [0.2, 0.25) is 6.29 Å². The van der Waals surface area contributed by atoms with Crippen molar-refractivity contribution in [3.63, 3.8) is 0 Å². The molecule has 0 amide bonds. The molecule has 1 aromatic rings. The Morgan fingerprint density at radius 2 is 1.83 bits per heavy atom. The highest BCUT2D eigenvalue weighted by Gasteiger charge is 2.44. The number of hydrogen-bond acceptors (Lipinski definition) is 7. The van der Waals surface area contributed by atoms with E-state index in [1.807, 2.05) is 0 Å². The zero-order chi connectivity index (χ0) is 17.0. The predicted octanol–water partition coefficient (Wildman–Crippen LogP) is -1.22. The third kappa shape index (κ3) is 4.28. The van der Waals surface area contributed by atoms with Gasteiger partial charge in [0.1, 0.15) is 30.2 Å². The van der Waals surface area contributed by atoms with Gasteiger partial charge in [-0.3, -0.25) is 0 Å². The molecule has 0 bridgehead atoms. The molecule has 2 rings (SSSR count). The number of hydrogen-bond donors (Lipinski definition) is 6. The summed E-state index contributed by atoms with van der Waals surface area (Å²) < 4.78 is 10.7. The van der Waals surface area contributed by atoms with Crippen LogP contribution < -0.4 is 15.4 Å². The minimum Gasteiger partial charge on any atom is -0.462 e. The van der Waals surface area contributed by atoms with Crippen molar-refractivity contribution in [1.29, 1.82) is 0 Å². The van der Waals surface area contributed by atoms with Gasteiger partial charge < -0.3 is 40.5 Å². The minimum atomic E-state index is -1.47. The second-order valence-corrected chi connectivity index (χ2v) is 5.45. The van der Waals surface area contributed by atoms with E-state index in [-0.39, 0.29) is 0 Å². The maximum absolute atomic E-state index is 9.91. The molecule has 6 N–H and O–H groups in total. The van der Waals surface area contributed by atoms with Gasteiger partial charge in [0, 0.05) is 12.7 Å². The van der Waals surface area contributed by atoms with Crippen molar-refractivity contribution in [2.24, 2.45) is 0 Å². The first-order valence-electron chi connectivity index (χ1n) is 7.02. The lowest BCUT2D eigenvalue weighted by Crippen LogP contribution is -2.60. The molecule has 1 aliphatic rings. The Morgan fingerprint density at radius 3 is 2.39 bits per heavy atom. The molecule has 5 atom stereocenters. The molecule has 1 heterocycles. The molecule has 23 heavy (non-hydrogen) atoms. The lowest BCUT2D eigenvalue weighted by molar-refractivity contribution is -0.277. The standard InChI is InChI=1S/C14H20N2O6S/c1-15-14(23)16-7-2-4-8(5-3-7)21-13-12(20)11(19)10(18)9(6-17)22-13/h2-5,9-13,17-20H,6H2,1H3,(H2,15,16,23). The molecule has 5 unspecified atom stereocenters. The van der Waals surface area contributed by atoms with Crippen molar-refractivity contribution in [3.8, 4) is 5.75 Å². The van der Waals surface area contributed by atoms with Crippen LogP contribution in [0.4, 0.5) is 5.69 Å². The third-order valence-electron chi connectivity index (χ3n) is 3.44. The highest BCUT2D eigenvalue weighted by atomic mass is 32.1. The number of thiocarbonyl (C=S) groups is 1. The van der Waals surface area contributed by atoms with Crippen molar-refractivity contribution >= 4 is 23.0 Å². The van der Waals surface area contributed by atoms with Crippen molar-refractivity contribution < 1.29 is 29.9 Å². The third-order valence-corrected chi connectivity index (χ3v) is 3.75. The Morgan fingerprint density at radius 1 is 1.17 bits per heavy atom. The summed E-state index contributed by atoms with van der Waals surface area (Å²) in [4.78, 5) is 0. The number of rotatable bonds is 4. The van der Waals surface area contributed by atoms with Crippen LogP contribution in [0.15, 0.2) is 24.3 Å². The minimum absolute atomic E-state index is 0.384. The SMILES string of the molecule is CNC(=S)Nc1ccc(OC2OC(CO)C(O)C(O)C2O)cc1. The monoisotopic (exact) mass is 344 g/mol. The van der Waals surface area contributed by atoms with Gasteiger partial charge in [-0.2, -0.15) is 0 Å². The summed E-state index contributed by atoms with van der Waals surface area (Å²) in [6, 6.07) is 6.68. The van der Waals surface area contributed by atoms with Crippen molar-refractivity contribution in [1.82, 2.24) is 5.32 Å². The average molecular weight is 344 g/mol. The van der Waals surface area contributed by atoms with E-state index in [0.717, 1.165) is 5.69 Å². The molecule has 1 aliphatic heterocycles. The fourth-order valence-corrected chi connectivity index (χ4v) is 2.23. The van der Waals surface area contributed by atoms with Crippen molar-refractivity contribution in [2.45, 2.75) is 30.7 Å². The van der Waals surface area contributed by atoms with Crippen LogP contribution in [-0.2, 0) is 4.74 Å². The van der Waals surface area contributed by atoms with Gasteiger partial charge >= 0.3 is 0 Å². The number of anilines is 1.